The molecule has 0 aliphatic rings. The number of hydrogen-bond donors (Lipinski definition) is 1. The molecule has 1 atom stereocenters. The van der Waals surface area contributed by atoms with Crippen LogP contribution in [0.2, 0.25) is 0 Å². The SMILES string of the molecule is CNCCC(c1cc(C)ccc1OC)C(C)C. The maximum absolute atomic E-state index is 5.49. The minimum Gasteiger partial charge on any atom is -0.496 e. The molecule has 0 fully saturated rings. The van der Waals surface area contributed by atoms with E-state index in [4.69, 9.17) is 4.74 Å². The molecule has 1 rings (SSSR count). The van der Waals surface area contributed by atoms with Gasteiger partial charge in [0.1, 0.15) is 5.75 Å². The summed E-state index contributed by atoms with van der Waals surface area (Å²) in [5.74, 6) is 2.20. The number of benzene rings is 1. The van der Waals surface area contributed by atoms with Crippen molar-refractivity contribution in [2.75, 3.05) is 20.7 Å². The normalized spacial score (nSPS) is 12.8. The van der Waals surface area contributed by atoms with Gasteiger partial charge in [-0.2, -0.15) is 0 Å². The minimum absolute atomic E-state index is 0.553. The summed E-state index contributed by atoms with van der Waals surface area (Å²) < 4.78 is 5.49. The maximum Gasteiger partial charge on any atom is 0.122 e. The maximum atomic E-state index is 5.49. The molecule has 2 heteroatoms. The Morgan fingerprint density at radius 2 is 2.00 bits per heavy atom. The number of methoxy groups -OCH3 is 1. The number of ether oxygens (including phenoxy) is 1. The van der Waals surface area contributed by atoms with Crippen LogP contribution in [0.25, 0.3) is 0 Å². The zero-order chi connectivity index (χ0) is 12.8. The van der Waals surface area contributed by atoms with Crippen LogP contribution in [0.15, 0.2) is 18.2 Å². The Bertz CT molecular complexity index is 347. The summed E-state index contributed by atoms with van der Waals surface area (Å²) >= 11 is 0. The van der Waals surface area contributed by atoms with Crippen molar-refractivity contribution in [2.45, 2.75) is 33.1 Å². The highest BCUT2D eigenvalue weighted by Crippen LogP contribution is 2.34. The van der Waals surface area contributed by atoms with E-state index in [1.807, 2.05) is 7.05 Å². The summed E-state index contributed by atoms with van der Waals surface area (Å²) in [7, 11) is 3.76. The molecular weight excluding hydrogens is 210 g/mol. The molecule has 0 aliphatic carbocycles. The molecule has 0 heterocycles. The first-order valence-electron chi connectivity index (χ1n) is 6.39. The molecule has 0 radical (unpaired) electrons. The lowest BCUT2D eigenvalue weighted by atomic mass is 9.84. The number of aryl methyl sites for hydroxylation is 1. The molecule has 1 aromatic rings. The van der Waals surface area contributed by atoms with E-state index in [2.05, 4.69) is 44.3 Å². The molecule has 0 saturated heterocycles. The van der Waals surface area contributed by atoms with Gasteiger partial charge in [-0.05, 0) is 50.4 Å². The lowest BCUT2D eigenvalue weighted by Gasteiger charge is -2.23. The van der Waals surface area contributed by atoms with Gasteiger partial charge in [0.25, 0.3) is 0 Å². The second kappa shape index (κ2) is 6.65. The monoisotopic (exact) mass is 235 g/mol. The van der Waals surface area contributed by atoms with Gasteiger partial charge in [0.2, 0.25) is 0 Å². The van der Waals surface area contributed by atoms with E-state index in [1.165, 1.54) is 11.1 Å². The molecule has 2 nitrogen and oxygen atoms in total. The zero-order valence-electron chi connectivity index (χ0n) is 11.7. The smallest absolute Gasteiger partial charge is 0.122 e. The van der Waals surface area contributed by atoms with Crippen LogP contribution in [0.5, 0.6) is 5.75 Å². The van der Waals surface area contributed by atoms with E-state index in [9.17, 15) is 0 Å². The van der Waals surface area contributed by atoms with E-state index in [0.29, 0.717) is 11.8 Å². The molecule has 0 bridgehead atoms. The first kappa shape index (κ1) is 14.0. The van der Waals surface area contributed by atoms with Crippen molar-refractivity contribution in [3.05, 3.63) is 29.3 Å². The molecule has 0 aromatic heterocycles. The quantitative estimate of drug-likeness (QED) is 0.816. The molecule has 1 aromatic carbocycles. The van der Waals surface area contributed by atoms with Crippen LogP contribution >= 0.6 is 0 Å². The van der Waals surface area contributed by atoms with Crippen molar-refractivity contribution >= 4 is 0 Å². The Labute approximate surface area is 105 Å². The Balaban J connectivity index is 3.02. The van der Waals surface area contributed by atoms with Crippen molar-refractivity contribution in [3.63, 3.8) is 0 Å². The van der Waals surface area contributed by atoms with Crippen molar-refractivity contribution in [2.24, 2.45) is 5.92 Å². The summed E-state index contributed by atoms with van der Waals surface area (Å²) in [5.41, 5.74) is 2.65. The number of hydrogen-bond acceptors (Lipinski definition) is 2. The van der Waals surface area contributed by atoms with Crippen molar-refractivity contribution in [1.29, 1.82) is 0 Å². The van der Waals surface area contributed by atoms with Crippen LogP contribution in [-0.4, -0.2) is 20.7 Å². The van der Waals surface area contributed by atoms with E-state index in [0.717, 1.165) is 18.7 Å². The van der Waals surface area contributed by atoms with E-state index < -0.39 is 0 Å². The summed E-state index contributed by atoms with van der Waals surface area (Å²) in [6, 6.07) is 6.45. The van der Waals surface area contributed by atoms with Gasteiger partial charge in [0.15, 0.2) is 0 Å². The molecule has 0 saturated carbocycles. The zero-order valence-corrected chi connectivity index (χ0v) is 11.7. The van der Waals surface area contributed by atoms with Crippen LogP contribution in [0.4, 0.5) is 0 Å². The predicted octanol–water partition coefficient (Wildman–Crippen LogP) is 3.35. The molecule has 0 spiro atoms. The summed E-state index contributed by atoms with van der Waals surface area (Å²) in [4.78, 5) is 0. The van der Waals surface area contributed by atoms with Gasteiger partial charge in [-0.25, -0.2) is 0 Å². The Kier molecular flexibility index (Phi) is 5.49. The largest absolute Gasteiger partial charge is 0.496 e. The van der Waals surface area contributed by atoms with Gasteiger partial charge in [0, 0.05) is 0 Å². The molecule has 0 aliphatic heterocycles. The van der Waals surface area contributed by atoms with Gasteiger partial charge in [-0.1, -0.05) is 31.5 Å². The van der Waals surface area contributed by atoms with E-state index >= 15 is 0 Å². The fourth-order valence-corrected chi connectivity index (χ4v) is 2.29. The molecule has 17 heavy (non-hydrogen) atoms. The predicted molar refractivity (Wildman–Crippen MR) is 73.9 cm³/mol. The third-order valence-electron chi connectivity index (χ3n) is 3.29. The lowest BCUT2D eigenvalue weighted by Crippen LogP contribution is -2.16. The second-order valence-corrected chi connectivity index (χ2v) is 4.99. The molecular formula is C15H25NO. The fraction of sp³-hybridized carbons (Fsp3) is 0.600. The number of nitrogens with one attached hydrogen (secondary N) is 1. The average molecular weight is 235 g/mol. The van der Waals surface area contributed by atoms with Crippen molar-refractivity contribution in [1.82, 2.24) is 5.32 Å². The fourth-order valence-electron chi connectivity index (χ4n) is 2.29. The first-order valence-corrected chi connectivity index (χ1v) is 6.39. The van der Waals surface area contributed by atoms with Crippen LogP contribution in [-0.2, 0) is 0 Å². The van der Waals surface area contributed by atoms with Crippen LogP contribution < -0.4 is 10.1 Å². The highest BCUT2D eigenvalue weighted by Gasteiger charge is 2.19. The van der Waals surface area contributed by atoms with Gasteiger partial charge >= 0.3 is 0 Å². The van der Waals surface area contributed by atoms with Crippen LogP contribution in [0.3, 0.4) is 0 Å². The highest BCUT2D eigenvalue weighted by molar-refractivity contribution is 5.39. The Hall–Kier alpha value is -1.02. The van der Waals surface area contributed by atoms with Crippen LogP contribution in [0, 0.1) is 12.8 Å². The summed E-state index contributed by atoms with van der Waals surface area (Å²) in [5, 5.41) is 3.23. The first-order chi connectivity index (χ1) is 8.10. The van der Waals surface area contributed by atoms with E-state index in [1.54, 1.807) is 7.11 Å². The van der Waals surface area contributed by atoms with Gasteiger partial charge < -0.3 is 10.1 Å². The van der Waals surface area contributed by atoms with Crippen LogP contribution in [0.1, 0.15) is 37.3 Å². The molecule has 1 N–H and O–H groups in total. The van der Waals surface area contributed by atoms with Gasteiger partial charge in [0.05, 0.1) is 7.11 Å². The highest BCUT2D eigenvalue weighted by atomic mass is 16.5. The average Bonchev–Trinajstić information content (AvgIpc) is 2.29. The molecule has 0 amide bonds. The third kappa shape index (κ3) is 3.74. The van der Waals surface area contributed by atoms with Gasteiger partial charge in [-0.3, -0.25) is 0 Å². The van der Waals surface area contributed by atoms with Gasteiger partial charge in [-0.15, -0.1) is 0 Å². The summed E-state index contributed by atoms with van der Waals surface area (Å²) in [6.07, 6.45) is 1.15. The summed E-state index contributed by atoms with van der Waals surface area (Å²) in [6.45, 7) is 7.74. The Morgan fingerprint density at radius 3 is 2.53 bits per heavy atom. The van der Waals surface area contributed by atoms with E-state index in [-0.39, 0.29) is 0 Å². The minimum atomic E-state index is 0.553. The van der Waals surface area contributed by atoms with Crippen molar-refractivity contribution < 1.29 is 4.74 Å². The standard InChI is InChI=1S/C15H25NO/c1-11(2)13(8-9-16-4)14-10-12(3)6-7-15(14)17-5/h6-7,10-11,13,16H,8-9H2,1-5H3. The molecule has 96 valence electrons. The third-order valence-corrected chi connectivity index (χ3v) is 3.29. The van der Waals surface area contributed by atoms with Crippen molar-refractivity contribution in [3.8, 4) is 5.75 Å². The number of rotatable bonds is 6. The Morgan fingerprint density at radius 1 is 1.29 bits per heavy atom. The molecule has 1 unspecified atom stereocenters. The lowest BCUT2D eigenvalue weighted by molar-refractivity contribution is 0.388. The second-order valence-electron chi connectivity index (χ2n) is 4.99. The topological polar surface area (TPSA) is 21.3 Å².